The molecule has 2 nitrogen and oxygen atoms in total. The van der Waals surface area contributed by atoms with Crippen LogP contribution in [0.5, 0.6) is 0 Å². The number of nitrogens with zero attached hydrogens (tertiary/aromatic N) is 2. The van der Waals surface area contributed by atoms with Crippen molar-refractivity contribution in [3.05, 3.63) is 20.7 Å². The van der Waals surface area contributed by atoms with Crippen LogP contribution < -0.4 is 0 Å². The number of thioether (sulfide) groups is 1. The molecule has 1 fully saturated rings. The zero-order valence-electron chi connectivity index (χ0n) is 8.25. The van der Waals surface area contributed by atoms with E-state index >= 15 is 0 Å². The van der Waals surface area contributed by atoms with Crippen LogP contribution in [0.25, 0.3) is 0 Å². The van der Waals surface area contributed by atoms with Gasteiger partial charge in [-0.1, -0.05) is 24.4 Å². The normalized spacial score (nSPS) is 17.2. The summed E-state index contributed by atoms with van der Waals surface area (Å²) in [4.78, 5) is 8.54. The molecule has 0 N–H and O–H groups in total. The largest absolute Gasteiger partial charge is 0.239 e. The van der Waals surface area contributed by atoms with Crippen molar-refractivity contribution >= 4 is 46.0 Å². The molecule has 82 valence electrons. The van der Waals surface area contributed by atoms with Crippen molar-refractivity contribution in [2.45, 2.75) is 36.7 Å². The van der Waals surface area contributed by atoms with Crippen LogP contribution in [0.15, 0.2) is 6.20 Å². The lowest BCUT2D eigenvalue weighted by molar-refractivity contribution is 0.886. The Morgan fingerprint density at radius 3 is 2.87 bits per heavy atom. The molecule has 1 saturated carbocycles. The average molecular weight is 355 g/mol. The van der Waals surface area contributed by atoms with Crippen molar-refractivity contribution in [3.63, 3.8) is 0 Å². The number of aromatic nitrogens is 2. The second-order valence-corrected chi connectivity index (χ2v) is 6.45. The highest BCUT2D eigenvalue weighted by Crippen LogP contribution is 2.31. The van der Waals surface area contributed by atoms with Crippen LogP contribution in [0.3, 0.4) is 0 Å². The van der Waals surface area contributed by atoms with E-state index in [0.717, 1.165) is 20.4 Å². The molecular weight excluding hydrogens is 343 g/mol. The van der Waals surface area contributed by atoms with Gasteiger partial charge in [0.2, 0.25) is 0 Å². The topological polar surface area (TPSA) is 25.8 Å². The van der Waals surface area contributed by atoms with Gasteiger partial charge in [-0.2, -0.15) is 11.8 Å². The standard InChI is InChI=1S/C10H12ClIN2S/c11-10-8(12)5-13-9(14-10)6-15-7-3-1-2-4-7/h5,7H,1-4,6H2. The van der Waals surface area contributed by atoms with Gasteiger partial charge >= 0.3 is 0 Å². The van der Waals surface area contributed by atoms with Crippen molar-refractivity contribution in [1.29, 1.82) is 0 Å². The van der Waals surface area contributed by atoms with E-state index in [1.165, 1.54) is 25.7 Å². The smallest absolute Gasteiger partial charge is 0.146 e. The van der Waals surface area contributed by atoms with Gasteiger partial charge in [0.1, 0.15) is 11.0 Å². The zero-order chi connectivity index (χ0) is 10.7. The van der Waals surface area contributed by atoms with Gasteiger partial charge in [0.25, 0.3) is 0 Å². The Morgan fingerprint density at radius 2 is 2.20 bits per heavy atom. The summed E-state index contributed by atoms with van der Waals surface area (Å²) in [5.74, 6) is 1.75. The highest BCUT2D eigenvalue weighted by Gasteiger charge is 2.15. The summed E-state index contributed by atoms with van der Waals surface area (Å²) in [5, 5.41) is 1.39. The Hall–Kier alpha value is 0.450. The summed E-state index contributed by atoms with van der Waals surface area (Å²) < 4.78 is 0.920. The van der Waals surface area contributed by atoms with Gasteiger partial charge in [-0.15, -0.1) is 0 Å². The van der Waals surface area contributed by atoms with Gasteiger partial charge < -0.3 is 0 Å². The van der Waals surface area contributed by atoms with Crippen LogP contribution in [0.1, 0.15) is 31.5 Å². The van der Waals surface area contributed by atoms with Gasteiger partial charge in [0, 0.05) is 11.4 Å². The lowest BCUT2D eigenvalue weighted by atomic mass is 10.4. The molecule has 1 aliphatic carbocycles. The fourth-order valence-corrected chi connectivity index (χ4v) is 3.29. The van der Waals surface area contributed by atoms with E-state index in [1.807, 2.05) is 11.8 Å². The molecule has 0 amide bonds. The molecule has 0 atom stereocenters. The van der Waals surface area contributed by atoms with Crippen LogP contribution >= 0.6 is 46.0 Å². The molecule has 0 saturated heterocycles. The Bertz CT molecular complexity index is 342. The third-order valence-corrected chi connectivity index (χ3v) is 5.27. The van der Waals surface area contributed by atoms with Gasteiger partial charge in [-0.05, 0) is 35.4 Å². The van der Waals surface area contributed by atoms with Crippen LogP contribution in [0, 0.1) is 3.57 Å². The van der Waals surface area contributed by atoms with Crippen LogP contribution in [-0.2, 0) is 5.75 Å². The van der Waals surface area contributed by atoms with E-state index in [2.05, 4.69) is 32.6 Å². The fourth-order valence-electron chi connectivity index (χ4n) is 1.70. The van der Waals surface area contributed by atoms with Gasteiger partial charge in [0.15, 0.2) is 0 Å². The van der Waals surface area contributed by atoms with Gasteiger partial charge in [-0.25, -0.2) is 9.97 Å². The lowest BCUT2D eigenvalue weighted by Crippen LogP contribution is -1.99. The Kier molecular flexibility index (Phi) is 4.52. The minimum absolute atomic E-state index is 0.577. The highest BCUT2D eigenvalue weighted by atomic mass is 127. The molecule has 1 aromatic rings. The summed E-state index contributed by atoms with van der Waals surface area (Å²) in [6, 6.07) is 0. The average Bonchev–Trinajstić information content (AvgIpc) is 2.73. The summed E-state index contributed by atoms with van der Waals surface area (Å²) in [6.07, 6.45) is 7.25. The molecule has 15 heavy (non-hydrogen) atoms. The van der Waals surface area contributed by atoms with E-state index in [9.17, 15) is 0 Å². The predicted molar refractivity (Wildman–Crippen MR) is 73.3 cm³/mol. The monoisotopic (exact) mass is 354 g/mol. The summed E-state index contributed by atoms with van der Waals surface area (Å²) in [5.41, 5.74) is 0. The Morgan fingerprint density at radius 1 is 1.47 bits per heavy atom. The van der Waals surface area contributed by atoms with E-state index in [0.29, 0.717) is 5.15 Å². The van der Waals surface area contributed by atoms with Crippen molar-refractivity contribution < 1.29 is 0 Å². The second-order valence-electron chi connectivity index (χ2n) is 3.64. The number of hydrogen-bond donors (Lipinski definition) is 0. The molecule has 1 heterocycles. The van der Waals surface area contributed by atoms with Gasteiger partial charge in [-0.3, -0.25) is 0 Å². The van der Waals surface area contributed by atoms with Crippen molar-refractivity contribution in [3.8, 4) is 0 Å². The Balaban J connectivity index is 1.90. The quantitative estimate of drug-likeness (QED) is 0.608. The molecule has 2 rings (SSSR count). The van der Waals surface area contributed by atoms with E-state index < -0.39 is 0 Å². The van der Waals surface area contributed by atoms with Crippen molar-refractivity contribution in [2.24, 2.45) is 0 Å². The van der Waals surface area contributed by atoms with Crippen molar-refractivity contribution in [1.82, 2.24) is 9.97 Å². The number of rotatable bonds is 3. The van der Waals surface area contributed by atoms with Crippen molar-refractivity contribution in [2.75, 3.05) is 0 Å². The first-order valence-corrected chi connectivity index (χ1v) is 7.55. The molecule has 0 aliphatic heterocycles. The zero-order valence-corrected chi connectivity index (χ0v) is 12.0. The van der Waals surface area contributed by atoms with E-state index in [-0.39, 0.29) is 0 Å². The molecular formula is C10H12ClIN2S. The fraction of sp³-hybridized carbons (Fsp3) is 0.600. The van der Waals surface area contributed by atoms with Crippen LogP contribution in [0.2, 0.25) is 5.15 Å². The molecule has 1 aliphatic rings. The third kappa shape index (κ3) is 3.46. The molecule has 5 heteroatoms. The van der Waals surface area contributed by atoms with E-state index in [1.54, 1.807) is 6.20 Å². The molecule has 0 bridgehead atoms. The predicted octanol–water partition coefficient (Wildman–Crippen LogP) is 3.91. The molecule has 1 aromatic heterocycles. The third-order valence-electron chi connectivity index (χ3n) is 2.50. The van der Waals surface area contributed by atoms with E-state index in [4.69, 9.17) is 11.6 Å². The molecule has 0 spiro atoms. The maximum atomic E-state index is 5.94. The number of halogens is 2. The van der Waals surface area contributed by atoms with Crippen LogP contribution in [-0.4, -0.2) is 15.2 Å². The molecule has 0 aromatic carbocycles. The molecule has 0 unspecified atom stereocenters. The number of hydrogen-bond acceptors (Lipinski definition) is 3. The first-order chi connectivity index (χ1) is 7.25. The first kappa shape index (κ1) is 11.9. The summed E-state index contributed by atoms with van der Waals surface area (Å²) in [7, 11) is 0. The second kappa shape index (κ2) is 5.68. The lowest BCUT2D eigenvalue weighted by Gasteiger charge is -2.07. The summed E-state index contributed by atoms with van der Waals surface area (Å²) >= 11 is 10.1. The first-order valence-electron chi connectivity index (χ1n) is 5.04. The minimum Gasteiger partial charge on any atom is -0.239 e. The maximum absolute atomic E-state index is 5.94. The maximum Gasteiger partial charge on any atom is 0.146 e. The SMILES string of the molecule is Clc1nc(CSC2CCCC2)ncc1I. The summed E-state index contributed by atoms with van der Waals surface area (Å²) in [6.45, 7) is 0. The van der Waals surface area contributed by atoms with Gasteiger partial charge in [0.05, 0.1) is 9.32 Å². The minimum atomic E-state index is 0.577. The van der Waals surface area contributed by atoms with Crippen LogP contribution in [0.4, 0.5) is 0 Å². The highest BCUT2D eigenvalue weighted by molar-refractivity contribution is 14.1. The molecule has 0 radical (unpaired) electrons. The Labute approximate surface area is 113 Å².